The van der Waals surface area contributed by atoms with Gasteiger partial charge in [0, 0.05) is 18.2 Å². The molecule has 1 saturated heterocycles. The number of methoxy groups -OCH3 is 1. The van der Waals surface area contributed by atoms with E-state index >= 15 is 8.78 Å². The lowest BCUT2D eigenvalue weighted by atomic mass is 9.85. The van der Waals surface area contributed by atoms with Crippen LogP contribution in [0.3, 0.4) is 0 Å². The Morgan fingerprint density at radius 2 is 2.03 bits per heavy atom. The molecule has 1 fully saturated rings. The van der Waals surface area contributed by atoms with Crippen molar-refractivity contribution in [2.45, 2.75) is 44.6 Å². The van der Waals surface area contributed by atoms with Crippen LogP contribution in [0.25, 0.3) is 16.1 Å². The molecule has 37 heavy (non-hydrogen) atoms. The van der Waals surface area contributed by atoms with Gasteiger partial charge in [-0.05, 0) is 44.9 Å². The lowest BCUT2D eigenvalue weighted by Gasteiger charge is -2.39. The van der Waals surface area contributed by atoms with Crippen molar-refractivity contribution >= 4 is 23.5 Å². The van der Waals surface area contributed by atoms with Crippen molar-refractivity contribution in [1.82, 2.24) is 25.1 Å². The Hall–Kier alpha value is -4.27. The second-order valence-electron chi connectivity index (χ2n) is 9.63. The van der Waals surface area contributed by atoms with E-state index in [9.17, 15) is 4.79 Å². The van der Waals surface area contributed by atoms with Crippen LogP contribution in [-0.4, -0.2) is 62.9 Å². The van der Waals surface area contributed by atoms with Gasteiger partial charge in [-0.25, -0.2) is 18.6 Å². The van der Waals surface area contributed by atoms with Crippen LogP contribution < -0.4 is 10.1 Å². The zero-order valence-electron chi connectivity index (χ0n) is 20.9. The minimum Gasteiger partial charge on any atom is -0.496 e. The number of H-pyrrole nitrogens is 1. The molecule has 3 aromatic rings. The quantitative estimate of drug-likeness (QED) is 0.434. The van der Waals surface area contributed by atoms with E-state index in [4.69, 9.17) is 16.0 Å². The molecule has 4 rings (SSSR count). The summed E-state index contributed by atoms with van der Waals surface area (Å²) in [4.78, 5) is 24.6. The molecule has 12 heteroatoms. The van der Waals surface area contributed by atoms with Crippen molar-refractivity contribution in [3.63, 3.8) is 0 Å². The molecule has 1 aliphatic heterocycles. The predicted octanol–water partition coefficient (Wildman–Crippen LogP) is 5.53. The van der Waals surface area contributed by atoms with Gasteiger partial charge in [0.1, 0.15) is 11.4 Å². The standard InChI is InChI=1S/C25H27F2N7O3/c1-24(2,3)37-23(35)34-9-8-17(25(26,27)14-34)15-6-7-16(19(10-15)36-5)18-11-20(33-32-18)31-22-13-29-21(28-4)12-30-22/h6-7,10-13,17H,8-9,14H2,1-3,5H3,(H2,30,31,32,33). The second-order valence-corrected chi connectivity index (χ2v) is 9.63. The highest BCUT2D eigenvalue weighted by Gasteiger charge is 2.47. The molecular weight excluding hydrogens is 484 g/mol. The predicted molar refractivity (Wildman–Crippen MR) is 132 cm³/mol. The molecule has 1 amide bonds. The van der Waals surface area contributed by atoms with Crippen molar-refractivity contribution in [3.05, 3.63) is 53.6 Å². The number of likely N-dealkylation sites (tertiary alicyclic amines) is 1. The number of carbonyl (C=O) groups excluding carboxylic acids is 1. The zero-order chi connectivity index (χ0) is 26.8. The Balaban J connectivity index is 1.50. The topological polar surface area (TPSA) is 110 Å². The third-order valence-corrected chi connectivity index (χ3v) is 5.76. The number of anilines is 2. The number of hydrogen-bond acceptors (Lipinski definition) is 7. The van der Waals surface area contributed by atoms with Crippen molar-refractivity contribution in [2.75, 3.05) is 25.5 Å². The van der Waals surface area contributed by atoms with E-state index in [1.807, 2.05) is 0 Å². The summed E-state index contributed by atoms with van der Waals surface area (Å²) in [6.45, 7) is 11.5. The normalized spacial score (nSPS) is 17.1. The molecule has 194 valence electrons. The smallest absolute Gasteiger partial charge is 0.410 e. The SMILES string of the molecule is [C-]#[N+]c1cnc(Nc2cc(-c3ccc(C4CCN(C(=O)OC(C)(C)C)CC4(F)F)cc3OC)[nH]n2)cn1. The lowest BCUT2D eigenvalue weighted by Crippen LogP contribution is -2.50. The number of alkyl halides is 2. The van der Waals surface area contributed by atoms with Gasteiger partial charge in [0.2, 0.25) is 0 Å². The maximum absolute atomic E-state index is 15.2. The van der Waals surface area contributed by atoms with E-state index in [2.05, 4.69) is 30.3 Å². The summed E-state index contributed by atoms with van der Waals surface area (Å²) in [7, 11) is 1.47. The van der Waals surface area contributed by atoms with Crippen LogP contribution in [0.5, 0.6) is 5.75 Å². The van der Waals surface area contributed by atoms with Crippen LogP contribution in [0.15, 0.2) is 36.7 Å². The molecule has 2 aromatic heterocycles. The summed E-state index contributed by atoms with van der Waals surface area (Å²) in [6.07, 6.45) is 2.11. The molecule has 0 spiro atoms. The van der Waals surface area contributed by atoms with Gasteiger partial charge in [-0.1, -0.05) is 12.6 Å². The van der Waals surface area contributed by atoms with E-state index < -0.39 is 30.1 Å². The van der Waals surface area contributed by atoms with Gasteiger partial charge in [0.15, 0.2) is 17.8 Å². The monoisotopic (exact) mass is 511 g/mol. The number of nitrogens with zero attached hydrogens (tertiary/aromatic N) is 5. The first-order valence-electron chi connectivity index (χ1n) is 11.5. The molecule has 0 saturated carbocycles. The fraction of sp³-hybridized carbons (Fsp3) is 0.400. The van der Waals surface area contributed by atoms with Crippen LogP contribution in [-0.2, 0) is 4.74 Å². The Morgan fingerprint density at radius 1 is 1.24 bits per heavy atom. The number of benzene rings is 1. The minimum atomic E-state index is -3.14. The fourth-order valence-corrected chi connectivity index (χ4v) is 4.08. The van der Waals surface area contributed by atoms with Crippen molar-refractivity contribution < 1.29 is 23.0 Å². The maximum atomic E-state index is 15.2. The largest absolute Gasteiger partial charge is 0.496 e. The van der Waals surface area contributed by atoms with Gasteiger partial charge in [-0.3, -0.25) is 5.10 Å². The molecule has 0 aliphatic carbocycles. The van der Waals surface area contributed by atoms with Crippen LogP contribution in [0, 0.1) is 6.57 Å². The number of amides is 1. The van der Waals surface area contributed by atoms with Crippen molar-refractivity contribution in [3.8, 4) is 17.0 Å². The number of aromatic amines is 1. The number of nitrogens with one attached hydrogen (secondary N) is 2. The van der Waals surface area contributed by atoms with Crippen LogP contribution in [0.4, 0.5) is 31.0 Å². The summed E-state index contributed by atoms with van der Waals surface area (Å²) in [5.74, 6) is -2.78. The molecule has 1 atom stereocenters. The summed E-state index contributed by atoms with van der Waals surface area (Å²) < 4.78 is 41.1. The van der Waals surface area contributed by atoms with E-state index in [1.54, 1.807) is 45.0 Å². The average Bonchev–Trinajstić information content (AvgIpc) is 3.30. The molecule has 10 nitrogen and oxygen atoms in total. The average molecular weight is 512 g/mol. The third-order valence-electron chi connectivity index (χ3n) is 5.76. The van der Waals surface area contributed by atoms with Gasteiger partial charge >= 0.3 is 6.09 Å². The number of rotatable bonds is 5. The number of ether oxygens (including phenoxy) is 2. The first-order chi connectivity index (χ1) is 17.5. The first kappa shape index (κ1) is 25.8. The van der Waals surface area contributed by atoms with Gasteiger partial charge < -0.3 is 24.5 Å². The zero-order valence-corrected chi connectivity index (χ0v) is 20.9. The van der Waals surface area contributed by atoms with Gasteiger partial charge in [-0.15, -0.1) is 4.98 Å². The highest BCUT2D eigenvalue weighted by atomic mass is 19.3. The maximum Gasteiger partial charge on any atom is 0.410 e. The molecule has 1 unspecified atom stereocenters. The Kier molecular flexibility index (Phi) is 6.98. The van der Waals surface area contributed by atoms with Gasteiger partial charge in [0.25, 0.3) is 11.7 Å². The Bertz CT molecular complexity index is 1310. The lowest BCUT2D eigenvalue weighted by molar-refractivity contribution is -0.0849. The van der Waals surface area contributed by atoms with E-state index in [0.717, 1.165) is 4.90 Å². The number of aromatic nitrogens is 4. The fourth-order valence-electron chi connectivity index (χ4n) is 4.08. The molecule has 1 aliphatic rings. The molecule has 0 bridgehead atoms. The third kappa shape index (κ3) is 5.94. The minimum absolute atomic E-state index is 0.0835. The number of piperidine rings is 1. The summed E-state index contributed by atoms with van der Waals surface area (Å²) in [5.41, 5.74) is 0.895. The van der Waals surface area contributed by atoms with Crippen LogP contribution >= 0.6 is 0 Å². The highest BCUT2D eigenvalue weighted by Crippen LogP contribution is 2.43. The Labute approximate surface area is 212 Å². The van der Waals surface area contributed by atoms with E-state index in [1.165, 1.54) is 19.5 Å². The molecule has 3 heterocycles. The van der Waals surface area contributed by atoms with Crippen molar-refractivity contribution in [2.24, 2.45) is 0 Å². The number of halogens is 2. The van der Waals surface area contributed by atoms with Gasteiger partial charge in [0.05, 0.1) is 31.5 Å². The van der Waals surface area contributed by atoms with Crippen LogP contribution in [0.1, 0.15) is 38.7 Å². The van der Waals surface area contributed by atoms with Crippen LogP contribution in [0.2, 0.25) is 0 Å². The van der Waals surface area contributed by atoms with E-state index in [-0.39, 0.29) is 18.8 Å². The van der Waals surface area contributed by atoms with E-state index in [0.29, 0.717) is 34.2 Å². The van der Waals surface area contributed by atoms with Crippen molar-refractivity contribution in [1.29, 1.82) is 0 Å². The Morgan fingerprint density at radius 3 is 2.65 bits per heavy atom. The van der Waals surface area contributed by atoms with Gasteiger partial charge in [-0.2, -0.15) is 5.10 Å². The highest BCUT2D eigenvalue weighted by molar-refractivity contribution is 5.71. The molecular formula is C25H27F2N7O3. The summed E-state index contributed by atoms with van der Waals surface area (Å²) in [6, 6.07) is 6.66. The summed E-state index contributed by atoms with van der Waals surface area (Å²) in [5, 5.41) is 10.1. The molecule has 2 N–H and O–H groups in total. The second kappa shape index (κ2) is 10.0. The molecule has 0 radical (unpaired) electrons. The number of carbonyl (C=O) groups is 1. The first-order valence-corrected chi connectivity index (χ1v) is 11.5. The molecule has 1 aromatic carbocycles. The summed E-state index contributed by atoms with van der Waals surface area (Å²) >= 11 is 0. The number of hydrogen-bond donors (Lipinski definition) is 2.